The largest absolute Gasteiger partial charge is 0.496 e. The highest BCUT2D eigenvalue weighted by Gasteiger charge is 2.18. The number of hydrogen-bond acceptors (Lipinski definition) is 5. The number of rotatable bonds is 5. The van der Waals surface area contributed by atoms with Crippen LogP contribution in [-0.4, -0.2) is 38.6 Å². The lowest BCUT2D eigenvalue weighted by molar-refractivity contribution is 0.0986. The van der Waals surface area contributed by atoms with Gasteiger partial charge in [-0.1, -0.05) is 0 Å². The topological polar surface area (TPSA) is 60.5 Å². The molecule has 0 unspecified atom stereocenters. The summed E-state index contributed by atoms with van der Waals surface area (Å²) < 4.78 is 10.1. The van der Waals surface area contributed by atoms with E-state index >= 15 is 0 Å². The summed E-state index contributed by atoms with van der Waals surface area (Å²) in [5.41, 5.74) is 0.372. The van der Waals surface area contributed by atoms with Gasteiger partial charge in [0.15, 0.2) is 5.78 Å². The Hall–Kier alpha value is -1.62. The van der Waals surface area contributed by atoms with Gasteiger partial charge in [0.1, 0.15) is 11.3 Å². The highest BCUT2D eigenvalue weighted by Crippen LogP contribution is 2.25. The SMILES string of the molecule is CNCC(=O)c1c(OC)ccnc1OC. The lowest BCUT2D eigenvalue weighted by Gasteiger charge is -2.10. The number of likely N-dealkylation sites (N-methyl/N-ethyl adjacent to an activating group) is 1. The molecule has 15 heavy (non-hydrogen) atoms. The van der Waals surface area contributed by atoms with Crippen molar-refractivity contribution in [2.45, 2.75) is 0 Å². The highest BCUT2D eigenvalue weighted by molar-refractivity contribution is 6.02. The molecule has 5 nitrogen and oxygen atoms in total. The van der Waals surface area contributed by atoms with Crippen LogP contribution in [0.2, 0.25) is 0 Å². The summed E-state index contributed by atoms with van der Waals surface area (Å²) in [6, 6.07) is 1.63. The van der Waals surface area contributed by atoms with Crippen LogP contribution in [0.4, 0.5) is 0 Å². The molecule has 0 aliphatic rings. The van der Waals surface area contributed by atoms with Gasteiger partial charge in [-0.25, -0.2) is 4.98 Å². The van der Waals surface area contributed by atoms with Gasteiger partial charge in [-0.2, -0.15) is 0 Å². The predicted molar refractivity (Wildman–Crippen MR) is 55.6 cm³/mol. The zero-order chi connectivity index (χ0) is 11.3. The molecule has 0 atom stereocenters. The molecule has 0 aliphatic heterocycles. The second-order valence-electron chi connectivity index (χ2n) is 2.85. The van der Waals surface area contributed by atoms with Crippen molar-refractivity contribution in [1.29, 1.82) is 0 Å². The number of aromatic nitrogens is 1. The molecule has 0 spiro atoms. The van der Waals surface area contributed by atoms with Gasteiger partial charge in [0.25, 0.3) is 0 Å². The summed E-state index contributed by atoms with van der Waals surface area (Å²) in [7, 11) is 4.68. The van der Waals surface area contributed by atoms with Gasteiger partial charge in [0.05, 0.1) is 20.8 Å². The second-order valence-corrected chi connectivity index (χ2v) is 2.85. The number of carbonyl (C=O) groups excluding carboxylic acids is 1. The monoisotopic (exact) mass is 210 g/mol. The Bertz CT molecular complexity index is 330. The van der Waals surface area contributed by atoms with E-state index in [1.165, 1.54) is 20.4 Å². The normalized spacial score (nSPS) is 9.80. The number of nitrogens with zero attached hydrogens (tertiary/aromatic N) is 1. The van der Waals surface area contributed by atoms with E-state index in [2.05, 4.69) is 10.3 Å². The molecule has 5 heteroatoms. The van der Waals surface area contributed by atoms with Crippen molar-refractivity contribution in [3.63, 3.8) is 0 Å². The third-order valence-electron chi connectivity index (χ3n) is 1.91. The molecule has 0 aromatic carbocycles. The molecule has 0 radical (unpaired) electrons. The maximum absolute atomic E-state index is 11.7. The first kappa shape index (κ1) is 11.5. The van der Waals surface area contributed by atoms with Crippen LogP contribution >= 0.6 is 0 Å². The average molecular weight is 210 g/mol. The summed E-state index contributed by atoms with van der Waals surface area (Å²) in [4.78, 5) is 15.7. The summed E-state index contributed by atoms with van der Waals surface area (Å²) in [5, 5.41) is 2.78. The zero-order valence-electron chi connectivity index (χ0n) is 9.03. The molecule has 1 N–H and O–H groups in total. The van der Waals surface area contributed by atoms with E-state index in [1.807, 2.05) is 0 Å². The van der Waals surface area contributed by atoms with Crippen molar-refractivity contribution >= 4 is 5.78 Å². The minimum absolute atomic E-state index is 0.112. The van der Waals surface area contributed by atoms with Crippen molar-refractivity contribution in [2.75, 3.05) is 27.8 Å². The van der Waals surface area contributed by atoms with Gasteiger partial charge in [0.2, 0.25) is 5.88 Å². The van der Waals surface area contributed by atoms with Crippen molar-refractivity contribution in [3.05, 3.63) is 17.8 Å². The molecule has 0 fully saturated rings. The molecule has 82 valence electrons. The van der Waals surface area contributed by atoms with E-state index in [0.717, 1.165) is 0 Å². The van der Waals surface area contributed by atoms with Gasteiger partial charge >= 0.3 is 0 Å². The molecule has 0 saturated carbocycles. The van der Waals surface area contributed by atoms with Crippen LogP contribution in [0.25, 0.3) is 0 Å². The van der Waals surface area contributed by atoms with Gasteiger partial charge < -0.3 is 14.8 Å². The quantitative estimate of drug-likeness (QED) is 0.717. The van der Waals surface area contributed by atoms with Crippen molar-refractivity contribution in [3.8, 4) is 11.6 Å². The van der Waals surface area contributed by atoms with Crippen LogP contribution < -0.4 is 14.8 Å². The van der Waals surface area contributed by atoms with E-state index in [1.54, 1.807) is 13.1 Å². The van der Waals surface area contributed by atoms with Crippen LogP contribution in [0.15, 0.2) is 12.3 Å². The highest BCUT2D eigenvalue weighted by atomic mass is 16.5. The van der Waals surface area contributed by atoms with Crippen LogP contribution in [0.1, 0.15) is 10.4 Å². The first-order valence-corrected chi connectivity index (χ1v) is 4.49. The summed E-state index contributed by atoms with van der Waals surface area (Å²) >= 11 is 0. The van der Waals surface area contributed by atoms with Gasteiger partial charge in [-0.15, -0.1) is 0 Å². The van der Waals surface area contributed by atoms with Gasteiger partial charge in [-0.3, -0.25) is 4.79 Å². The van der Waals surface area contributed by atoms with E-state index in [0.29, 0.717) is 11.3 Å². The van der Waals surface area contributed by atoms with Gasteiger partial charge in [0, 0.05) is 6.20 Å². The summed E-state index contributed by atoms with van der Waals surface area (Å²) in [6.07, 6.45) is 1.54. The Morgan fingerprint density at radius 1 is 1.47 bits per heavy atom. The Labute approximate surface area is 88.4 Å². The van der Waals surface area contributed by atoms with Crippen molar-refractivity contribution in [2.24, 2.45) is 0 Å². The molecule has 1 heterocycles. The fraction of sp³-hybridized carbons (Fsp3) is 0.400. The summed E-state index contributed by atoms with van der Waals surface area (Å²) in [6.45, 7) is 0.221. The number of ether oxygens (including phenoxy) is 2. The second kappa shape index (κ2) is 5.31. The fourth-order valence-electron chi connectivity index (χ4n) is 1.26. The Balaban J connectivity index is 3.15. The van der Waals surface area contributed by atoms with Crippen LogP contribution in [0.3, 0.4) is 0 Å². The zero-order valence-corrected chi connectivity index (χ0v) is 9.03. The standard InChI is InChI=1S/C10H14N2O3/c1-11-6-7(13)9-8(14-2)4-5-12-10(9)15-3/h4-5,11H,6H2,1-3H3. The maximum Gasteiger partial charge on any atom is 0.227 e. The minimum Gasteiger partial charge on any atom is -0.496 e. The number of methoxy groups -OCH3 is 2. The summed E-state index contributed by atoms with van der Waals surface area (Å²) in [5.74, 6) is 0.649. The number of Topliss-reactive ketones (excluding diaryl/α,β-unsaturated/α-hetero) is 1. The number of ketones is 1. The Kier molecular flexibility index (Phi) is 4.05. The first-order valence-electron chi connectivity index (χ1n) is 4.49. The molecule has 1 aromatic rings. The molecule has 0 aliphatic carbocycles. The number of hydrogen-bond donors (Lipinski definition) is 1. The molecule has 0 amide bonds. The van der Waals surface area contributed by atoms with E-state index < -0.39 is 0 Å². The third-order valence-corrected chi connectivity index (χ3v) is 1.91. The van der Waals surface area contributed by atoms with Crippen molar-refractivity contribution in [1.82, 2.24) is 10.3 Å². The molecule has 1 rings (SSSR count). The third kappa shape index (κ3) is 2.44. The van der Waals surface area contributed by atoms with E-state index in [-0.39, 0.29) is 18.2 Å². The fourth-order valence-corrected chi connectivity index (χ4v) is 1.26. The lowest BCUT2D eigenvalue weighted by Crippen LogP contribution is -2.20. The molecule has 0 saturated heterocycles. The van der Waals surface area contributed by atoms with Crippen LogP contribution in [0.5, 0.6) is 11.6 Å². The lowest BCUT2D eigenvalue weighted by atomic mass is 10.1. The first-order chi connectivity index (χ1) is 7.24. The number of nitrogens with one attached hydrogen (secondary N) is 1. The average Bonchev–Trinajstić information content (AvgIpc) is 2.28. The smallest absolute Gasteiger partial charge is 0.227 e. The van der Waals surface area contributed by atoms with Crippen LogP contribution in [0, 0.1) is 0 Å². The predicted octanol–water partition coefficient (Wildman–Crippen LogP) is 0.501. The van der Waals surface area contributed by atoms with Crippen LogP contribution in [-0.2, 0) is 0 Å². The van der Waals surface area contributed by atoms with Gasteiger partial charge in [-0.05, 0) is 13.1 Å². The number of pyridine rings is 1. The Morgan fingerprint density at radius 2 is 2.20 bits per heavy atom. The minimum atomic E-state index is -0.112. The Morgan fingerprint density at radius 3 is 2.73 bits per heavy atom. The molecular formula is C10H14N2O3. The van der Waals surface area contributed by atoms with E-state index in [9.17, 15) is 4.79 Å². The molecular weight excluding hydrogens is 196 g/mol. The maximum atomic E-state index is 11.7. The van der Waals surface area contributed by atoms with Crippen molar-refractivity contribution < 1.29 is 14.3 Å². The molecule has 0 bridgehead atoms. The molecule has 1 aromatic heterocycles. The number of carbonyl (C=O) groups is 1. The van der Waals surface area contributed by atoms with E-state index in [4.69, 9.17) is 9.47 Å².